The van der Waals surface area contributed by atoms with E-state index in [1.54, 1.807) is 0 Å². The molecule has 3 rings (SSSR count). The van der Waals surface area contributed by atoms with Crippen LogP contribution in [0, 0.1) is 0 Å². The van der Waals surface area contributed by atoms with Gasteiger partial charge in [0.25, 0.3) is 0 Å². The number of benzene rings is 2. The summed E-state index contributed by atoms with van der Waals surface area (Å²) in [4.78, 5) is 0. The summed E-state index contributed by atoms with van der Waals surface area (Å²) < 4.78 is 0. The Hall–Kier alpha value is -2.17. The molecule has 1 aromatic heterocycles. The van der Waals surface area contributed by atoms with Gasteiger partial charge >= 0.3 is 0 Å². The number of aromatic amines is 1. The lowest BCUT2D eigenvalue weighted by molar-refractivity contribution is 0.278. The van der Waals surface area contributed by atoms with E-state index in [-0.39, 0.29) is 12.1 Å². The number of nitrogens with zero attached hydrogens (tertiary/aromatic N) is 1. The van der Waals surface area contributed by atoms with Crippen molar-refractivity contribution in [2.45, 2.75) is 26.0 Å². The van der Waals surface area contributed by atoms with Gasteiger partial charge < -0.3 is 10.8 Å². The van der Waals surface area contributed by atoms with Gasteiger partial charge in [0.1, 0.15) is 0 Å². The predicted molar refractivity (Wildman–Crippen MR) is 84.7 cm³/mol. The van der Waals surface area contributed by atoms with E-state index in [2.05, 4.69) is 34.5 Å². The molecule has 3 aromatic rings. The molecule has 4 N–H and O–H groups in total. The zero-order valence-corrected chi connectivity index (χ0v) is 12.2. The lowest BCUT2D eigenvalue weighted by Gasteiger charge is -2.19. The Morgan fingerprint density at radius 2 is 1.76 bits per heavy atom. The summed E-state index contributed by atoms with van der Waals surface area (Å²) >= 11 is 0. The maximum absolute atomic E-state index is 9.33. The zero-order chi connectivity index (χ0) is 15.0. The number of aromatic nitrogens is 2. The van der Waals surface area contributed by atoms with Gasteiger partial charge in [-0.2, -0.15) is 5.10 Å². The van der Waals surface area contributed by atoms with Crippen LogP contribution in [0.25, 0.3) is 22.0 Å². The molecule has 4 nitrogen and oxygen atoms in total. The molecular weight excluding hydrogens is 262 g/mol. The highest BCUT2D eigenvalue weighted by molar-refractivity contribution is 5.86. The largest absolute Gasteiger partial charge is 0.390 e. The molecule has 4 heteroatoms. The Bertz CT molecular complexity index is 767. The van der Waals surface area contributed by atoms with E-state index in [1.807, 2.05) is 32.0 Å². The summed E-state index contributed by atoms with van der Waals surface area (Å²) in [6.45, 7) is 3.94. The molecule has 0 aliphatic rings. The fraction of sp³-hybridized carbons (Fsp3) is 0.235. The van der Waals surface area contributed by atoms with Gasteiger partial charge in [0.2, 0.25) is 0 Å². The minimum atomic E-state index is -0.336. The minimum Gasteiger partial charge on any atom is -0.390 e. The number of hydrogen-bond donors (Lipinski definition) is 3. The lowest BCUT2D eigenvalue weighted by Crippen LogP contribution is -2.28. The number of nitrogens with one attached hydrogen (secondary N) is 1. The molecule has 0 spiro atoms. The highest BCUT2D eigenvalue weighted by atomic mass is 16.3. The van der Waals surface area contributed by atoms with E-state index in [1.165, 1.54) is 0 Å². The summed E-state index contributed by atoms with van der Waals surface area (Å²) in [6, 6.07) is 14.3. The van der Waals surface area contributed by atoms with Crippen molar-refractivity contribution in [1.82, 2.24) is 10.2 Å². The van der Waals surface area contributed by atoms with E-state index in [4.69, 9.17) is 5.73 Å². The number of nitrogens with two attached hydrogens (primary N) is 1. The average Bonchev–Trinajstić information content (AvgIpc) is 2.88. The second-order valence-electron chi connectivity index (χ2n) is 5.89. The number of hydrogen-bond acceptors (Lipinski definition) is 3. The monoisotopic (exact) mass is 281 g/mol. The molecule has 0 unspecified atom stereocenters. The third kappa shape index (κ3) is 2.55. The first kappa shape index (κ1) is 13.8. The van der Waals surface area contributed by atoms with E-state index < -0.39 is 0 Å². The minimum absolute atomic E-state index is 0.0414. The summed E-state index contributed by atoms with van der Waals surface area (Å²) in [5, 5.41) is 17.3. The fourth-order valence-corrected chi connectivity index (χ4v) is 2.46. The van der Waals surface area contributed by atoms with Gasteiger partial charge in [-0.3, -0.25) is 5.10 Å². The number of aliphatic hydroxyl groups is 1. The molecule has 2 aromatic carbocycles. The Balaban J connectivity index is 2.03. The molecular formula is C17H19N3O. The van der Waals surface area contributed by atoms with Gasteiger partial charge in [-0.1, -0.05) is 30.3 Å². The molecule has 0 saturated heterocycles. The first-order chi connectivity index (χ1) is 9.99. The summed E-state index contributed by atoms with van der Waals surface area (Å²) in [5.74, 6) is 0. The second kappa shape index (κ2) is 4.98. The van der Waals surface area contributed by atoms with E-state index in [9.17, 15) is 5.11 Å². The Kier molecular flexibility index (Phi) is 3.27. The van der Waals surface area contributed by atoms with E-state index in [0.717, 1.165) is 33.3 Å². The SMILES string of the molecule is CC(C)(N)c1ccc(-c2ccc3n[nH]c(CO)c3c2)cc1. The summed E-state index contributed by atoms with van der Waals surface area (Å²) in [7, 11) is 0. The fourth-order valence-electron chi connectivity index (χ4n) is 2.46. The molecule has 0 aliphatic heterocycles. The molecule has 0 fully saturated rings. The van der Waals surface area contributed by atoms with Crippen LogP contribution in [0.2, 0.25) is 0 Å². The van der Waals surface area contributed by atoms with Crippen LogP contribution < -0.4 is 5.73 Å². The molecule has 1 heterocycles. The number of rotatable bonds is 3. The van der Waals surface area contributed by atoms with Crippen molar-refractivity contribution >= 4 is 10.9 Å². The van der Waals surface area contributed by atoms with E-state index >= 15 is 0 Å². The van der Waals surface area contributed by atoms with Crippen molar-refractivity contribution in [3.05, 3.63) is 53.7 Å². The first-order valence-corrected chi connectivity index (χ1v) is 6.97. The highest BCUT2D eigenvalue weighted by Crippen LogP contribution is 2.27. The molecule has 0 aliphatic carbocycles. The normalized spacial score (nSPS) is 12.0. The Labute approximate surface area is 123 Å². The average molecular weight is 281 g/mol. The van der Waals surface area contributed by atoms with Crippen LogP contribution in [0.15, 0.2) is 42.5 Å². The smallest absolute Gasteiger partial charge is 0.0925 e. The molecule has 21 heavy (non-hydrogen) atoms. The summed E-state index contributed by atoms with van der Waals surface area (Å²) in [6.07, 6.45) is 0. The number of H-pyrrole nitrogens is 1. The molecule has 0 amide bonds. The standard InChI is InChI=1S/C17H19N3O/c1-17(2,18)13-6-3-11(4-7-13)12-5-8-15-14(9-12)16(10-21)20-19-15/h3-9,21H,10,18H2,1-2H3,(H,19,20). The molecule has 0 atom stereocenters. The van der Waals surface area contributed by atoms with E-state index in [0.29, 0.717) is 0 Å². The third-order valence-electron chi connectivity index (χ3n) is 3.75. The predicted octanol–water partition coefficient (Wildman–Crippen LogP) is 2.92. The van der Waals surface area contributed by atoms with Crippen molar-refractivity contribution in [2.24, 2.45) is 5.73 Å². The molecule has 108 valence electrons. The van der Waals surface area contributed by atoms with Crippen molar-refractivity contribution in [1.29, 1.82) is 0 Å². The molecule has 0 radical (unpaired) electrons. The van der Waals surface area contributed by atoms with Crippen molar-refractivity contribution < 1.29 is 5.11 Å². The van der Waals surface area contributed by atoms with Crippen LogP contribution >= 0.6 is 0 Å². The lowest BCUT2D eigenvalue weighted by atomic mass is 9.93. The number of aliphatic hydroxyl groups excluding tert-OH is 1. The zero-order valence-electron chi connectivity index (χ0n) is 12.2. The van der Waals surface area contributed by atoms with Crippen LogP contribution in [-0.4, -0.2) is 15.3 Å². The maximum atomic E-state index is 9.33. The van der Waals surface area contributed by atoms with Crippen molar-refractivity contribution in [3.63, 3.8) is 0 Å². The quantitative estimate of drug-likeness (QED) is 0.691. The van der Waals surface area contributed by atoms with Gasteiger partial charge in [-0.25, -0.2) is 0 Å². The van der Waals surface area contributed by atoms with Gasteiger partial charge in [-0.15, -0.1) is 0 Å². The van der Waals surface area contributed by atoms with Crippen LogP contribution in [0.3, 0.4) is 0 Å². The molecule has 0 saturated carbocycles. The first-order valence-electron chi connectivity index (χ1n) is 6.97. The Morgan fingerprint density at radius 3 is 2.38 bits per heavy atom. The van der Waals surface area contributed by atoms with Crippen molar-refractivity contribution in [3.8, 4) is 11.1 Å². The van der Waals surface area contributed by atoms with Gasteiger partial charge in [-0.05, 0) is 42.7 Å². The molecule has 0 bridgehead atoms. The van der Waals surface area contributed by atoms with Crippen LogP contribution in [0.5, 0.6) is 0 Å². The van der Waals surface area contributed by atoms with Gasteiger partial charge in [0.15, 0.2) is 0 Å². The summed E-state index contributed by atoms with van der Waals surface area (Å²) in [5.41, 5.74) is 10.7. The maximum Gasteiger partial charge on any atom is 0.0925 e. The van der Waals surface area contributed by atoms with Gasteiger partial charge in [0.05, 0.1) is 17.8 Å². The highest BCUT2D eigenvalue weighted by Gasteiger charge is 2.13. The van der Waals surface area contributed by atoms with Crippen molar-refractivity contribution in [2.75, 3.05) is 0 Å². The van der Waals surface area contributed by atoms with Crippen LogP contribution in [0.4, 0.5) is 0 Å². The van der Waals surface area contributed by atoms with Crippen LogP contribution in [0.1, 0.15) is 25.1 Å². The number of fused-ring (bicyclic) bond motifs is 1. The second-order valence-corrected chi connectivity index (χ2v) is 5.89. The van der Waals surface area contributed by atoms with Crippen LogP contribution in [-0.2, 0) is 12.1 Å². The topological polar surface area (TPSA) is 74.9 Å². The third-order valence-corrected chi connectivity index (χ3v) is 3.75. The van der Waals surface area contributed by atoms with Gasteiger partial charge in [0, 0.05) is 10.9 Å². The Morgan fingerprint density at radius 1 is 1.10 bits per heavy atom.